The van der Waals surface area contributed by atoms with Crippen LogP contribution in [0.1, 0.15) is 11.6 Å². The van der Waals surface area contributed by atoms with Crippen molar-refractivity contribution in [1.82, 2.24) is 10.2 Å². The van der Waals surface area contributed by atoms with Crippen LogP contribution in [0.15, 0.2) is 36.9 Å². The Morgan fingerprint density at radius 1 is 1.38 bits per heavy atom. The van der Waals surface area contributed by atoms with E-state index in [4.69, 9.17) is 11.6 Å². The molecule has 1 saturated heterocycles. The van der Waals surface area contributed by atoms with E-state index in [0.717, 1.165) is 31.2 Å². The molecule has 2 rings (SSSR count). The first-order valence-electron chi connectivity index (χ1n) is 5.64. The molecule has 0 radical (unpaired) electrons. The molecular weight excluding hydrogens is 220 g/mol. The summed E-state index contributed by atoms with van der Waals surface area (Å²) in [7, 11) is 0. The molecule has 1 aliphatic heterocycles. The Hall–Kier alpha value is -0.830. The van der Waals surface area contributed by atoms with Crippen LogP contribution in [0.5, 0.6) is 0 Å². The van der Waals surface area contributed by atoms with Crippen molar-refractivity contribution in [3.8, 4) is 0 Å². The summed E-state index contributed by atoms with van der Waals surface area (Å²) in [5, 5.41) is 4.15. The standard InChI is InChI=1S/C13H17ClN2/c1-2-13(16-8-6-15-7-9-16)11-4-3-5-12(14)10-11/h2-5,10,13,15H,1,6-9H2/t13-/m1/s1. The Bertz CT molecular complexity index is 359. The number of piperazine rings is 1. The van der Waals surface area contributed by atoms with Crippen LogP contribution in [-0.2, 0) is 0 Å². The molecule has 0 amide bonds. The predicted molar refractivity (Wildman–Crippen MR) is 68.8 cm³/mol. The number of hydrogen-bond acceptors (Lipinski definition) is 2. The van der Waals surface area contributed by atoms with Crippen molar-refractivity contribution in [1.29, 1.82) is 0 Å². The fourth-order valence-corrected chi connectivity index (χ4v) is 2.35. The van der Waals surface area contributed by atoms with Gasteiger partial charge in [-0.3, -0.25) is 4.90 Å². The maximum absolute atomic E-state index is 6.02. The summed E-state index contributed by atoms with van der Waals surface area (Å²) in [6, 6.07) is 8.32. The van der Waals surface area contributed by atoms with Crippen molar-refractivity contribution in [2.24, 2.45) is 0 Å². The summed E-state index contributed by atoms with van der Waals surface area (Å²) >= 11 is 6.02. The van der Waals surface area contributed by atoms with Crippen LogP contribution < -0.4 is 5.32 Å². The van der Waals surface area contributed by atoms with Gasteiger partial charge in [-0.2, -0.15) is 0 Å². The topological polar surface area (TPSA) is 15.3 Å². The van der Waals surface area contributed by atoms with Crippen molar-refractivity contribution < 1.29 is 0 Å². The molecule has 86 valence electrons. The van der Waals surface area contributed by atoms with Crippen LogP contribution >= 0.6 is 11.6 Å². The number of rotatable bonds is 3. The summed E-state index contributed by atoms with van der Waals surface area (Å²) in [4.78, 5) is 2.43. The van der Waals surface area contributed by atoms with Gasteiger partial charge in [-0.15, -0.1) is 6.58 Å². The zero-order valence-corrected chi connectivity index (χ0v) is 10.1. The van der Waals surface area contributed by atoms with Gasteiger partial charge in [-0.05, 0) is 17.7 Å². The van der Waals surface area contributed by atoms with Crippen molar-refractivity contribution in [2.45, 2.75) is 6.04 Å². The summed E-state index contributed by atoms with van der Waals surface area (Å²) in [6.45, 7) is 8.15. The average molecular weight is 237 g/mol. The highest BCUT2D eigenvalue weighted by atomic mass is 35.5. The first-order chi connectivity index (χ1) is 7.81. The molecule has 1 fully saturated rings. The van der Waals surface area contributed by atoms with Gasteiger partial charge in [0.25, 0.3) is 0 Å². The predicted octanol–water partition coefficient (Wildman–Crippen LogP) is 2.47. The molecule has 1 N–H and O–H groups in total. The maximum Gasteiger partial charge on any atom is 0.0530 e. The second-order valence-electron chi connectivity index (χ2n) is 4.02. The van der Waals surface area contributed by atoms with E-state index < -0.39 is 0 Å². The maximum atomic E-state index is 6.02. The zero-order chi connectivity index (χ0) is 11.4. The molecule has 0 spiro atoms. The molecule has 2 nitrogen and oxygen atoms in total. The van der Waals surface area contributed by atoms with E-state index in [1.165, 1.54) is 5.56 Å². The molecule has 1 heterocycles. The average Bonchev–Trinajstić information content (AvgIpc) is 2.31. The summed E-state index contributed by atoms with van der Waals surface area (Å²) in [5.41, 5.74) is 1.23. The Morgan fingerprint density at radius 3 is 2.75 bits per heavy atom. The summed E-state index contributed by atoms with van der Waals surface area (Å²) in [6.07, 6.45) is 2.00. The normalized spacial score (nSPS) is 19.3. The second-order valence-corrected chi connectivity index (χ2v) is 4.46. The van der Waals surface area contributed by atoms with E-state index in [9.17, 15) is 0 Å². The third-order valence-electron chi connectivity index (χ3n) is 2.96. The van der Waals surface area contributed by atoms with E-state index in [1.807, 2.05) is 24.3 Å². The van der Waals surface area contributed by atoms with Gasteiger partial charge in [0.15, 0.2) is 0 Å². The molecule has 16 heavy (non-hydrogen) atoms. The molecule has 0 unspecified atom stereocenters. The van der Waals surface area contributed by atoms with E-state index in [2.05, 4.69) is 22.9 Å². The van der Waals surface area contributed by atoms with Gasteiger partial charge in [0, 0.05) is 31.2 Å². The molecule has 1 aromatic rings. The van der Waals surface area contributed by atoms with Crippen LogP contribution in [0.4, 0.5) is 0 Å². The lowest BCUT2D eigenvalue weighted by atomic mass is 10.0. The van der Waals surface area contributed by atoms with Crippen molar-refractivity contribution >= 4 is 11.6 Å². The molecule has 0 aromatic heterocycles. The van der Waals surface area contributed by atoms with E-state index >= 15 is 0 Å². The van der Waals surface area contributed by atoms with Gasteiger partial charge in [-0.25, -0.2) is 0 Å². The van der Waals surface area contributed by atoms with E-state index in [0.29, 0.717) is 0 Å². The smallest absolute Gasteiger partial charge is 0.0530 e. The van der Waals surface area contributed by atoms with Crippen molar-refractivity contribution in [2.75, 3.05) is 26.2 Å². The van der Waals surface area contributed by atoms with Crippen LogP contribution in [0.25, 0.3) is 0 Å². The molecule has 0 bridgehead atoms. The van der Waals surface area contributed by atoms with Gasteiger partial charge in [-0.1, -0.05) is 29.8 Å². The molecule has 1 atom stereocenters. The lowest BCUT2D eigenvalue weighted by molar-refractivity contribution is 0.203. The van der Waals surface area contributed by atoms with Gasteiger partial charge < -0.3 is 5.32 Å². The minimum Gasteiger partial charge on any atom is -0.314 e. The van der Waals surface area contributed by atoms with Gasteiger partial charge in [0.1, 0.15) is 0 Å². The number of benzene rings is 1. The molecular formula is C13H17ClN2. The number of nitrogens with zero attached hydrogens (tertiary/aromatic N) is 1. The van der Waals surface area contributed by atoms with E-state index in [-0.39, 0.29) is 6.04 Å². The summed E-state index contributed by atoms with van der Waals surface area (Å²) in [5.74, 6) is 0. The highest BCUT2D eigenvalue weighted by Gasteiger charge is 2.19. The van der Waals surface area contributed by atoms with Crippen molar-refractivity contribution in [3.63, 3.8) is 0 Å². The number of hydrogen-bond donors (Lipinski definition) is 1. The molecule has 0 aliphatic carbocycles. The van der Waals surface area contributed by atoms with Gasteiger partial charge >= 0.3 is 0 Å². The highest BCUT2D eigenvalue weighted by Crippen LogP contribution is 2.24. The SMILES string of the molecule is C=C[C@H](c1cccc(Cl)c1)N1CCNCC1. The lowest BCUT2D eigenvalue weighted by Crippen LogP contribution is -2.44. The first kappa shape index (κ1) is 11.6. The fraction of sp³-hybridized carbons (Fsp3) is 0.385. The van der Waals surface area contributed by atoms with Crippen molar-refractivity contribution in [3.05, 3.63) is 47.5 Å². The van der Waals surface area contributed by atoms with Crippen LogP contribution in [0.2, 0.25) is 5.02 Å². The number of halogens is 1. The molecule has 0 saturated carbocycles. The highest BCUT2D eigenvalue weighted by molar-refractivity contribution is 6.30. The fourth-order valence-electron chi connectivity index (χ4n) is 2.15. The third kappa shape index (κ3) is 2.64. The Kier molecular flexibility index (Phi) is 3.99. The molecule has 1 aliphatic rings. The van der Waals surface area contributed by atoms with Gasteiger partial charge in [0.2, 0.25) is 0 Å². The zero-order valence-electron chi connectivity index (χ0n) is 9.32. The second kappa shape index (κ2) is 5.48. The largest absolute Gasteiger partial charge is 0.314 e. The number of nitrogens with one attached hydrogen (secondary N) is 1. The quantitative estimate of drug-likeness (QED) is 0.812. The van der Waals surface area contributed by atoms with E-state index in [1.54, 1.807) is 0 Å². The molecule has 3 heteroatoms. The third-order valence-corrected chi connectivity index (χ3v) is 3.19. The van der Waals surface area contributed by atoms with Crippen LogP contribution in [0, 0.1) is 0 Å². The minimum atomic E-state index is 0.279. The first-order valence-corrected chi connectivity index (χ1v) is 6.02. The minimum absolute atomic E-state index is 0.279. The summed E-state index contributed by atoms with van der Waals surface area (Å²) < 4.78 is 0. The van der Waals surface area contributed by atoms with Crippen LogP contribution in [-0.4, -0.2) is 31.1 Å². The monoisotopic (exact) mass is 236 g/mol. The lowest BCUT2D eigenvalue weighted by Gasteiger charge is -2.33. The Labute approximate surface area is 102 Å². The Balaban J connectivity index is 2.17. The Morgan fingerprint density at radius 2 is 2.12 bits per heavy atom. The molecule has 1 aromatic carbocycles. The van der Waals surface area contributed by atoms with Crippen LogP contribution in [0.3, 0.4) is 0 Å². The van der Waals surface area contributed by atoms with Gasteiger partial charge in [0.05, 0.1) is 6.04 Å².